The second-order valence-electron chi connectivity index (χ2n) is 6.45. The largest absolute Gasteiger partial charge is 0.487 e. The molecule has 2 rings (SSSR count). The van der Waals surface area contributed by atoms with E-state index in [2.05, 4.69) is 40.7 Å². The van der Waals surface area contributed by atoms with E-state index in [-0.39, 0.29) is 17.6 Å². The van der Waals surface area contributed by atoms with Crippen molar-refractivity contribution < 1.29 is 9.84 Å². The third kappa shape index (κ3) is 2.54. The Labute approximate surface area is 110 Å². The Morgan fingerprint density at radius 2 is 1.89 bits per heavy atom. The summed E-state index contributed by atoms with van der Waals surface area (Å²) in [5, 5.41) is 10.4. The second kappa shape index (κ2) is 4.58. The van der Waals surface area contributed by atoms with Crippen LogP contribution in [0.5, 0.6) is 5.75 Å². The summed E-state index contributed by atoms with van der Waals surface area (Å²) in [7, 11) is 0. The predicted octanol–water partition coefficient (Wildman–Crippen LogP) is 3.73. The fraction of sp³-hybridized carbons (Fsp3) is 0.625. The van der Waals surface area contributed by atoms with Crippen molar-refractivity contribution >= 4 is 0 Å². The molecular weight excluding hydrogens is 224 g/mol. The molecule has 0 fully saturated rings. The first-order valence-corrected chi connectivity index (χ1v) is 6.80. The van der Waals surface area contributed by atoms with Crippen LogP contribution < -0.4 is 4.74 Å². The summed E-state index contributed by atoms with van der Waals surface area (Å²) in [6, 6.07) is 6.09. The minimum absolute atomic E-state index is 0.116. The molecular formula is C16H24O2. The van der Waals surface area contributed by atoms with Crippen LogP contribution in [0.25, 0.3) is 0 Å². The van der Waals surface area contributed by atoms with E-state index in [9.17, 15) is 5.11 Å². The van der Waals surface area contributed by atoms with Crippen LogP contribution in [-0.4, -0.2) is 10.7 Å². The summed E-state index contributed by atoms with van der Waals surface area (Å²) in [6.45, 7) is 10.6. The van der Waals surface area contributed by atoms with E-state index in [4.69, 9.17) is 4.74 Å². The van der Waals surface area contributed by atoms with E-state index in [1.807, 2.05) is 12.1 Å². The van der Waals surface area contributed by atoms with Gasteiger partial charge in [-0.25, -0.2) is 0 Å². The number of hydrogen-bond acceptors (Lipinski definition) is 2. The van der Waals surface area contributed by atoms with Crippen LogP contribution in [0.15, 0.2) is 18.2 Å². The highest BCUT2D eigenvalue weighted by Crippen LogP contribution is 2.37. The van der Waals surface area contributed by atoms with E-state index < -0.39 is 0 Å². The van der Waals surface area contributed by atoms with Crippen molar-refractivity contribution in [1.82, 2.24) is 0 Å². The van der Waals surface area contributed by atoms with Crippen LogP contribution >= 0.6 is 0 Å². The Hall–Kier alpha value is -1.02. The van der Waals surface area contributed by atoms with Crippen molar-refractivity contribution in [2.45, 2.75) is 52.7 Å². The maximum absolute atomic E-state index is 10.4. The van der Waals surface area contributed by atoms with Gasteiger partial charge in [0.1, 0.15) is 11.4 Å². The first-order valence-electron chi connectivity index (χ1n) is 6.80. The summed E-state index contributed by atoms with van der Waals surface area (Å²) in [4.78, 5) is 0. The number of rotatable bonds is 3. The first kappa shape index (κ1) is 13.4. The average Bonchev–Trinajstić information content (AvgIpc) is 2.59. The highest BCUT2D eigenvalue weighted by Gasteiger charge is 2.31. The van der Waals surface area contributed by atoms with Crippen molar-refractivity contribution in [2.75, 3.05) is 0 Å². The summed E-state index contributed by atoms with van der Waals surface area (Å²) in [5.74, 6) is 1.70. The lowest BCUT2D eigenvalue weighted by atomic mass is 9.87. The van der Waals surface area contributed by atoms with Gasteiger partial charge in [-0.3, -0.25) is 0 Å². The summed E-state index contributed by atoms with van der Waals surface area (Å²) in [6.07, 6.45) is 0.526. The quantitative estimate of drug-likeness (QED) is 0.883. The lowest BCUT2D eigenvalue weighted by Gasteiger charge is -2.22. The zero-order chi connectivity index (χ0) is 13.5. The molecule has 1 heterocycles. The fourth-order valence-electron chi connectivity index (χ4n) is 2.48. The molecule has 2 atom stereocenters. The molecule has 1 aliphatic heterocycles. The highest BCUT2D eigenvalue weighted by atomic mass is 16.5. The Morgan fingerprint density at radius 3 is 2.50 bits per heavy atom. The fourth-order valence-corrected chi connectivity index (χ4v) is 2.48. The van der Waals surface area contributed by atoms with Crippen LogP contribution in [0.3, 0.4) is 0 Å². The van der Waals surface area contributed by atoms with Gasteiger partial charge in [-0.1, -0.05) is 26.8 Å². The van der Waals surface area contributed by atoms with Gasteiger partial charge >= 0.3 is 0 Å². The monoisotopic (exact) mass is 248 g/mol. The molecule has 0 amide bonds. The molecule has 2 nitrogen and oxygen atoms in total. The number of fused-ring (bicyclic) bond motifs is 1. The van der Waals surface area contributed by atoms with E-state index in [0.717, 1.165) is 17.7 Å². The third-order valence-corrected chi connectivity index (χ3v) is 3.98. The number of hydrogen-bond donors (Lipinski definition) is 1. The molecule has 18 heavy (non-hydrogen) atoms. The molecule has 0 saturated heterocycles. The molecule has 0 bridgehead atoms. The Kier molecular flexibility index (Phi) is 3.41. The second-order valence-corrected chi connectivity index (χ2v) is 6.45. The van der Waals surface area contributed by atoms with Crippen LogP contribution in [0.1, 0.15) is 51.8 Å². The van der Waals surface area contributed by atoms with Crippen molar-refractivity contribution in [2.24, 2.45) is 11.8 Å². The van der Waals surface area contributed by atoms with Gasteiger partial charge < -0.3 is 9.84 Å². The number of benzene rings is 1. The number of aliphatic hydroxyl groups is 1. The van der Waals surface area contributed by atoms with E-state index in [1.54, 1.807) is 0 Å². The standard InChI is InChI=1S/C16H24O2/c1-10(2)11(3)15(17)12-6-7-14-13(8-12)9-16(4,5)18-14/h6-8,10-11,15,17H,9H2,1-5H3. The summed E-state index contributed by atoms with van der Waals surface area (Å²) < 4.78 is 5.86. The van der Waals surface area contributed by atoms with Gasteiger partial charge in [0.15, 0.2) is 0 Å². The third-order valence-electron chi connectivity index (χ3n) is 3.98. The molecule has 1 aliphatic rings. The molecule has 100 valence electrons. The SMILES string of the molecule is CC(C)C(C)C(O)c1ccc2c(c1)CC(C)(C)O2. The molecule has 0 saturated carbocycles. The minimum Gasteiger partial charge on any atom is -0.487 e. The molecule has 0 aromatic heterocycles. The molecule has 2 unspecified atom stereocenters. The normalized spacial score (nSPS) is 20.4. The van der Waals surface area contributed by atoms with Gasteiger partial charge in [-0.2, -0.15) is 0 Å². The molecule has 1 aromatic carbocycles. The Morgan fingerprint density at radius 1 is 1.22 bits per heavy atom. The molecule has 1 N–H and O–H groups in total. The zero-order valence-electron chi connectivity index (χ0n) is 12.0. The van der Waals surface area contributed by atoms with Gasteiger partial charge in [0, 0.05) is 6.42 Å². The minimum atomic E-state index is -0.390. The van der Waals surface area contributed by atoms with Gasteiger partial charge in [-0.15, -0.1) is 0 Å². The number of ether oxygens (including phenoxy) is 1. The van der Waals surface area contributed by atoms with Crippen LogP contribution in [-0.2, 0) is 6.42 Å². The van der Waals surface area contributed by atoms with Gasteiger partial charge in [0.05, 0.1) is 6.10 Å². The maximum atomic E-state index is 10.4. The lowest BCUT2D eigenvalue weighted by molar-refractivity contribution is 0.0920. The van der Waals surface area contributed by atoms with Gasteiger partial charge in [-0.05, 0) is 48.9 Å². The summed E-state index contributed by atoms with van der Waals surface area (Å²) >= 11 is 0. The Bertz CT molecular complexity index is 435. The van der Waals surface area contributed by atoms with Crippen LogP contribution in [0.4, 0.5) is 0 Å². The molecule has 0 spiro atoms. The summed E-state index contributed by atoms with van der Waals surface area (Å²) in [5.41, 5.74) is 2.11. The smallest absolute Gasteiger partial charge is 0.123 e. The van der Waals surface area contributed by atoms with E-state index in [0.29, 0.717) is 5.92 Å². The van der Waals surface area contributed by atoms with E-state index in [1.165, 1.54) is 5.56 Å². The van der Waals surface area contributed by atoms with Gasteiger partial charge in [0.25, 0.3) is 0 Å². The van der Waals surface area contributed by atoms with Crippen LogP contribution in [0.2, 0.25) is 0 Å². The van der Waals surface area contributed by atoms with Crippen molar-refractivity contribution in [3.8, 4) is 5.75 Å². The number of aliphatic hydroxyl groups excluding tert-OH is 1. The highest BCUT2D eigenvalue weighted by molar-refractivity contribution is 5.42. The predicted molar refractivity (Wildman–Crippen MR) is 73.8 cm³/mol. The lowest BCUT2D eigenvalue weighted by Crippen LogP contribution is -2.24. The molecule has 0 aliphatic carbocycles. The van der Waals surface area contributed by atoms with Gasteiger partial charge in [0.2, 0.25) is 0 Å². The van der Waals surface area contributed by atoms with Crippen LogP contribution in [0, 0.1) is 11.8 Å². The van der Waals surface area contributed by atoms with E-state index >= 15 is 0 Å². The Balaban J connectivity index is 2.23. The van der Waals surface area contributed by atoms with Crippen molar-refractivity contribution in [3.63, 3.8) is 0 Å². The molecule has 2 heteroatoms. The first-order chi connectivity index (χ1) is 8.30. The molecule has 0 radical (unpaired) electrons. The van der Waals surface area contributed by atoms with Crippen molar-refractivity contribution in [1.29, 1.82) is 0 Å². The topological polar surface area (TPSA) is 29.5 Å². The van der Waals surface area contributed by atoms with Crippen molar-refractivity contribution in [3.05, 3.63) is 29.3 Å². The maximum Gasteiger partial charge on any atom is 0.123 e. The molecule has 1 aromatic rings. The average molecular weight is 248 g/mol. The zero-order valence-corrected chi connectivity index (χ0v) is 12.0.